The van der Waals surface area contributed by atoms with Gasteiger partial charge in [0.05, 0.1) is 6.61 Å². The molecule has 0 spiro atoms. The average molecular weight is 234 g/mol. The number of hydrogen-bond acceptors (Lipinski definition) is 3. The highest BCUT2D eigenvalue weighted by Crippen LogP contribution is 2.34. The molecule has 0 bridgehead atoms. The van der Waals surface area contributed by atoms with Crippen molar-refractivity contribution in [1.82, 2.24) is 4.98 Å². The van der Waals surface area contributed by atoms with Crippen LogP contribution in [0.25, 0.3) is 0 Å². The second-order valence-corrected chi connectivity index (χ2v) is 4.95. The molecular formula is C14H22N2O. The number of rotatable bonds is 4. The third-order valence-electron chi connectivity index (χ3n) is 3.86. The van der Waals surface area contributed by atoms with E-state index in [4.69, 9.17) is 4.74 Å². The van der Waals surface area contributed by atoms with Crippen LogP contribution in [0.5, 0.6) is 5.75 Å². The SMILES string of the molecule is CCOc1cccnc1NC1CCC(C)C1C. The van der Waals surface area contributed by atoms with E-state index in [-0.39, 0.29) is 0 Å². The first kappa shape index (κ1) is 12.2. The lowest BCUT2D eigenvalue weighted by atomic mass is 9.98. The predicted octanol–water partition coefficient (Wildman–Crippen LogP) is 3.33. The fourth-order valence-corrected chi connectivity index (χ4v) is 2.51. The molecule has 3 nitrogen and oxygen atoms in total. The van der Waals surface area contributed by atoms with E-state index in [2.05, 4.69) is 24.1 Å². The smallest absolute Gasteiger partial charge is 0.168 e. The highest BCUT2D eigenvalue weighted by Gasteiger charge is 2.30. The predicted molar refractivity (Wildman–Crippen MR) is 70.4 cm³/mol. The lowest BCUT2D eigenvalue weighted by molar-refractivity contribution is 0.339. The van der Waals surface area contributed by atoms with Crippen molar-refractivity contribution in [3.63, 3.8) is 0 Å². The molecule has 1 aliphatic carbocycles. The zero-order valence-corrected chi connectivity index (χ0v) is 10.9. The minimum Gasteiger partial charge on any atom is -0.490 e. The lowest BCUT2D eigenvalue weighted by Crippen LogP contribution is -2.24. The molecule has 2 rings (SSSR count). The van der Waals surface area contributed by atoms with E-state index >= 15 is 0 Å². The zero-order chi connectivity index (χ0) is 12.3. The molecule has 0 radical (unpaired) electrons. The van der Waals surface area contributed by atoms with E-state index < -0.39 is 0 Å². The molecule has 0 saturated heterocycles. The van der Waals surface area contributed by atoms with Gasteiger partial charge >= 0.3 is 0 Å². The molecule has 0 aliphatic heterocycles. The Morgan fingerprint density at radius 2 is 2.24 bits per heavy atom. The van der Waals surface area contributed by atoms with Crippen molar-refractivity contribution in [2.45, 2.75) is 39.7 Å². The van der Waals surface area contributed by atoms with Gasteiger partial charge in [0.15, 0.2) is 11.6 Å². The van der Waals surface area contributed by atoms with Crippen molar-refractivity contribution >= 4 is 5.82 Å². The molecule has 1 heterocycles. The summed E-state index contributed by atoms with van der Waals surface area (Å²) < 4.78 is 5.58. The van der Waals surface area contributed by atoms with Crippen LogP contribution >= 0.6 is 0 Å². The summed E-state index contributed by atoms with van der Waals surface area (Å²) in [4.78, 5) is 4.38. The van der Waals surface area contributed by atoms with E-state index in [1.54, 1.807) is 0 Å². The van der Waals surface area contributed by atoms with Crippen LogP contribution in [0.1, 0.15) is 33.6 Å². The molecule has 94 valence electrons. The Hall–Kier alpha value is -1.25. The van der Waals surface area contributed by atoms with Gasteiger partial charge in [0, 0.05) is 12.2 Å². The molecule has 17 heavy (non-hydrogen) atoms. The molecule has 3 atom stereocenters. The Morgan fingerprint density at radius 1 is 1.41 bits per heavy atom. The molecule has 1 aromatic heterocycles. The topological polar surface area (TPSA) is 34.1 Å². The summed E-state index contributed by atoms with van der Waals surface area (Å²) in [5.41, 5.74) is 0. The summed E-state index contributed by atoms with van der Waals surface area (Å²) in [6.45, 7) is 7.32. The molecule has 3 unspecified atom stereocenters. The molecule has 1 aliphatic rings. The van der Waals surface area contributed by atoms with Crippen molar-refractivity contribution in [2.24, 2.45) is 11.8 Å². The molecule has 0 aromatic carbocycles. The second-order valence-electron chi connectivity index (χ2n) is 4.95. The van der Waals surface area contributed by atoms with Gasteiger partial charge in [-0.25, -0.2) is 4.98 Å². The summed E-state index contributed by atoms with van der Waals surface area (Å²) in [7, 11) is 0. The monoisotopic (exact) mass is 234 g/mol. The van der Waals surface area contributed by atoms with Gasteiger partial charge in [-0.15, -0.1) is 0 Å². The molecule has 1 fully saturated rings. The van der Waals surface area contributed by atoms with Crippen LogP contribution in [-0.2, 0) is 0 Å². The van der Waals surface area contributed by atoms with Gasteiger partial charge in [-0.3, -0.25) is 0 Å². The largest absolute Gasteiger partial charge is 0.490 e. The van der Waals surface area contributed by atoms with Gasteiger partial charge in [-0.2, -0.15) is 0 Å². The number of hydrogen-bond donors (Lipinski definition) is 1. The maximum absolute atomic E-state index is 5.58. The highest BCUT2D eigenvalue weighted by molar-refractivity contribution is 5.50. The van der Waals surface area contributed by atoms with E-state index in [1.165, 1.54) is 12.8 Å². The standard InChI is InChI=1S/C14H22N2O/c1-4-17-13-6-5-9-15-14(13)16-12-8-7-10(2)11(12)3/h5-6,9-12H,4,7-8H2,1-3H3,(H,15,16). The Morgan fingerprint density at radius 3 is 2.88 bits per heavy atom. The molecule has 1 saturated carbocycles. The number of ether oxygens (including phenoxy) is 1. The summed E-state index contributed by atoms with van der Waals surface area (Å²) in [6, 6.07) is 4.41. The van der Waals surface area contributed by atoms with E-state index in [1.807, 2.05) is 25.3 Å². The van der Waals surface area contributed by atoms with Crippen molar-refractivity contribution in [3.05, 3.63) is 18.3 Å². The molecule has 0 amide bonds. The number of nitrogens with one attached hydrogen (secondary N) is 1. The lowest BCUT2D eigenvalue weighted by Gasteiger charge is -2.21. The number of anilines is 1. The van der Waals surface area contributed by atoms with Gasteiger partial charge in [0.1, 0.15) is 0 Å². The van der Waals surface area contributed by atoms with Crippen molar-refractivity contribution < 1.29 is 4.74 Å². The summed E-state index contributed by atoms with van der Waals surface area (Å²) in [5, 5.41) is 3.54. The first-order chi connectivity index (χ1) is 8.22. The molecule has 3 heteroatoms. The van der Waals surface area contributed by atoms with Crippen LogP contribution < -0.4 is 10.1 Å². The molecule has 1 aromatic rings. The zero-order valence-electron chi connectivity index (χ0n) is 10.9. The summed E-state index contributed by atoms with van der Waals surface area (Å²) in [6.07, 6.45) is 4.34. The highest BCUT2D eigenvalue weighted by atomic mass is 16.5. The normalized spacial score (nSPS) is 28.1. The average Bonchev–Trinajstić information content (AvgIpc) is 2.64. The van der Waals surface area contributed by atoms with E-state index in [9.17, 15) is 0 Å². The minimum atomic E-state index is 0.527. The summed E-state index contributed by atoms with van der Waals surface area (Å²) in [5.74, 6) is 3.25. The number of nitrogens with zero attached hydrogens (tertiary/aromatic N) is 1. The van der Waals surface area contributed by atoms with Gasteiger partial charge in [-0.05, 0) is 43.7 Å². The van der Waals surface area contributed by atoms with Crippen LogP contribution in [-0.4, -0.2) is 17.6 Å². The van der Waals surface area contributed by atoms with Crippen LogP contribution in [0.2, 0.25) is 0 Å². The van der Waals surface area contributed by atoms with Gasteiger partial charge in [0.25, 0.3) is 0 Å². The number of pyridine rings is 1. The Bertz CT molecular complexity index is 367. The fourth-order valence-electron chi connectivity index (χ4n) is 2.51. The maximum atomic E-state index is 5.58. The Labute approximate surface area is 104 Å². The first-order valence-corrected chi connectivity index (χ1v) is 6.56. The molecular weight excluding hydrogens is 212 g/mol. The second kappa shape index (κ2) is 5.39. The van der Waals surface area contributed by atoms with Crippen molar-refractivity contribution in [2.75, 3.05) is 11.9 Å². The maximum Gasteiger partial charge on any atom is 0.168 e. The van der Waals surface area contributed by atoms with Gasteiger partial charge < -0.3 is 10.1 Å². The van der Waals surface area contributed by atoms with Gasteiger partial charge in [-0.1, -0.05) is 13.8 Å². The quantitative estimate of drug-likeness (QED) is 0.867. The Balaban J connectivity index is 2.08. The summed E-state index contributed by atoms with van der Waals surface area (Å²) >= 11 is 0. The van der Waals surface area contributed by atoms with E-state index in [0.29, 0.717) is 18.6 Å². The van der Waals surface area contributed by atoms with Crippen LogP contribution in [0.15, 0.2) is 18.3 Å². The van der Waals surface area contributed by atoms with Crippen molar-refractivity contribution in [3.8, 4) is 5.75 Å². The third-order valence-corrected chi connectivity index (χ3v) is 3.86. The van der Waals surface area contributed by atoms with Crippen molar-refractivity contribution in [1.29, 1.82) is 0 Å². The van der Waals surface area contributed by atoms with Crippen LogP contribution in [0.4, 0.5) is 5.82 Å². The Kier molecular flexibility index (Phi) is 3.87. The molecule has 1 N–H and O–H groups in total. The minimum absolute atomic E-state index is 0.527. The third kappa shape index (κ3) is 2.71. The number of aromatic nitrogens is 1. The van der Waals surface area contributed by atoms with Crippen LogP contribution in [0.3, 0.4) is 0 Å². The van der Waals surface area contributed by atoms with Crippen LogP contribution in [0, 0.1) is 11.8 Å². The fraction of sp³-hybridized carbons (Fsp3) is 0.643. The van der Waals surface area contributed by atoms with E-state index in [0.717, 1.165) is 17.5 Å². The first-order valence-electron chi connectivity index (χ1n) is 6.56. The van der Waals surface area contributed by atoms with Gasteiger partial charge in [0.2, 0.25) is 0 Å².